The van der Waals surface area contributed by atoms with E-state index in [2.05, 4.69) is 14.7 Å². The van der Waals surface area contributed by atoms with Crippen LogP contribution in [-0.2, 0) is 9.53 Å². The van der Waals surface area contributed by atoms with Crippen LogP contribution in [0.25, 0.3) is 0 Å². The largest absolute Gasteiger partial charge is 0.477 e. The van der Waals surface area contributed by atoms with Crippen molar-refractivity contribution in [2.24, 2.45) is 0 Å². The number of methoxy groups -OCH3 is 1. The summed E-state index contributed by atoms with van der Waals surface area (Å²) < 4.78 is 4.59. The highest BCUT2D eigenvalue weighted by Crippen LogP contribution is 2.10. The van der Waals surface area contributed by atoms with Crippen molar-refractivity contribution in [1.29, 1.82) is 0 Å². The van der Waals surface area contributed by atoms with Crippen LogP contribution >= 0.6 is 0 Å². The molecular weight excluding hydrogens is 280 g/mol. The number of aromatic carboxylic acids is 1. The van der Waals surface area contributed by atoms with E-state index in [1.165, 1.54) is 18.3 Å². The molecule has 1 saturated heterocycles. The Kier molecular flexibility index (Phi) is 4.53. The number of aromatic nitrogens is 2. The summed E-state index contributed by atoms with van der Waals surface area (Å²) in [7, 11) is 1.33. The van der Waals surface area contributed by atoms with Crippen molar-refractivity contribution in [3.63, 3.8) is 0 Å². The zero-order chi connectivity index (χ0) is 15.4. The lowest BCUT2D eigenvalue weighted by Crippen LogP contribution is -2.50. The monoisotopic (exact) mass is 296 g/mol. The average Bonchev–Trinajstić information content (AvgIpc) is 2.96. The van der Waals surface area contributed by atoms with Gasteiger partial charge in [0.15, 0.2) is 11.4 Å². The summed E-state index contributed by atoms with van der Waals surface area (Å²) in [5, 5.41) is 8.97. The summed E-state index contributed by atoms with van der Waals surface area (Å²) in [5.74, 6) is -1.97. The first-order valence-electron chi connectivity index (χ1n) is 6.38. The molecule has 1 amide bonds. The van der Waals surface area contributed by atoms with Crippen LogP contribution in [0.3, 0.4) is 0 Å². The number of piperazine rings is 1. The van der Waals surface area contributed by atoms with Gasteiger partial charge in [-0.15, -0.1) is 0 Å². The normalized spacial score (nSPS) is 15.8. The molecule has 21 heavy (non-hydrogen) atoms. The molecule has 9 nitrogen and oxygen atoms in total. The van der Waals surface area contributed by atoms with Gasteiger partial charge in [-0.25, -0.2) is 9.78 Å². The number of carbonyl (C=O) groups excluding carboxylic acids is 2. The van der Waals surface area contributed by atoms with Crippen molar-refractivity contribution in [3.8, 4) is 0 Å². The molecule has 0 unspecified atom stereocenters. The van der Waals surface area contributed by atoms with Crippen LogP contribution in [0.4, 0.5) is 0 Å². The number of carboxylic acid groups (broad SMARTS) is 1. The Balaban J connectivity index is 1.96. The molecule has 9 heteroatoms. The first-order chi connectivity index (χ1) is 10.0. The van der Waals surface area contributed by atoms with E-state index >= 15 is 0 Å². The fraction of sp³-hybridized carbons (Fsp3) is 0.500. The van der Waals surface area contributed by atoms with Crippen molar-refractivity contribution < 1.29 is 24.2 Å². The Morgan fingerprint density at radius 2 is 2.00 bits per heavy atom. The average molecular weight is 296 g/mol. The lowest BCUT2D eigenvalue weighted by molar-refractivity contribution is -0.142. The van der Waals surface area contributed by atoms with Crippen LogP contribution in [0.5, 0.6) is 0 Å². The third-order valence-corrected chi connectivity index (χ3v) is 3.30. The molecule has 0 aliphatic carbocycles. The highest BCUT2D eigenvalue weighted by atomic mass is 16.5. The minimum atomic E-state index is -1.22. The van der Waals surface area contributed by atoms with Crippen molar-refractivity contribution in [2.45, 2.75) is 0 Å². The van der Waals surface area contributed by atoms with Gasteiger partial charge in [0, 0.05) is 26.2 Å². The fourth-order valence-corrected chi connectivity index (χ4v) is 2.13. The highest BCUT2D eigenvalue weighted by Gasteiger charge is 2.28. The molecule has 2 rings (SSSR count). The molecule has 1 aromatic heterocycles. The predicted molar refractivity (Wildman–Crippen MR) is 69.9 cm³/mol. The van der Waals surface area contributed by atoms with Gasteiger partial charge in [-0.2, -0.15) is 0 Å². The molecular formula is C12H16N4O5. The molecule has 0 spiro atoms. The molecule has 1 aliphatic heterocycles. The minimum Gasteiger partial charge on any atom is -0.477 e. The van der Waals surface area contributed by atoms with Gasteiger partial charge in [-0.1, -0.05) is 0 Å². The van der Waals surface area contributed by atoms with Gasteiger partial charge in [0.05, 0.1) is 20.0 Å². The summed E-state index contributed by atoms with van der Waals surface area (Å²) in [6.07, 6.45) is 1.18. The number of nitrogens with zero attached hydrogens (tertiary/aromatic N) is 3. The van der Waals surface area contributed by atoms with E-state index in [0.717, 1.165) is 0 Å². The summed E-state index contributed by atoms with van der Waals surface area (Å²) >= 11 is 0. The van der Waals surface area contributed by atoms with Crippen molar-refractivity contribution in [2.75, 3.05) is 39.8 Å². The van der Waals surface area contributed by atoms with Gasteiger partial charge >= 0.3 is 11.9 Å². The van der Waals surface area contributed by atoms with Crippen LogP contribution in [0.1, 0.15) is 21.0 Å². The van der Waals surface area contributed by atoms with Gasteiger partial charge in [0.25, 0.3) is 5.91 Å². The molecule has 114 valence electrons. The lowest BCUT2D eigenvalue weighted by Gasteiger charge is -2.33. The van der Waals surface area contributed by atoms with E-state index in [9.17, 15) is 14.4 Å². The standard InChI is InChI=1S/C12H16N4O5/c1-21-8(17)6-15-2-4-16(5-3-15)11(18)9-10(12(19)20)14-7-13-9/h7H,2-6H2,1H3,(H,13,14)(H,19,20). The number of rotatable bonds is 4. The van der Waals surface area contributed by atoms with Gasteiger partial charge in [0.1, 0.15) is 0 Å². The first-order valence-corrected chi connectivity index (χ1v) is 6.38. The smallest absolute Gasteiger partial charge is 0.354 e. The highest BCUT2D eigenvalue weighted by molar-refractivity contribution is 6.02. The number of carbonyl (C=O) groups is 3. The van der Waals surface area contributed by atoms with E-state index in [1.807, 2.05) is 4.90 Å². The Hall–Kier alpha value is -2.42. The molecule has 0 bridgehead atoms. The summed E-state index contributed by atoms with van der Waals surface area (Å²) in [5.41, 5.74) is -0.305. The second-order valence-corrected chi connectivity index (χ2v) is 4.58. The van der Waals surface area contributed by atoms with E-state index in [1.54, 1.807) is 0 Å². The van der Waals surface area contributed by atoms with E-state index in [-0.39, 0.29) is 23.9 Å². The summed E-state index contributed by atoms with van der Waals surface area (Å²) in [6.45, 7) is 2.03. The molecule has 0 atom stereocenters. The van der Waals surface area contributed by atoms with Crippen LogP contribution in [0.2, 0.25) is 0 Å². The molecule has 1 fully saturated rings. The second-order valence-electron chi connectivity index (χ2n) is 4.58. The molecule has 0 saturated carbocycles. The number of carboxylic acids is 1. The van der Waals surface area contributed by atoms with Crippen LogP contribution in [0, 0.1) is 0 Å². The number of imidazole rings is 1. The van der Waals surface area contributed by atoms with Crippen molar-refractivity contribution in [3.05, 3.63) is 17.7 Å². The third kappa shape index (κ3) is 3.37. The zero-order valence-electron chi connectivity index (χ0n) is 11.5. The molecule has 2 N–H and O–H groups in total. The van der Waals surface area contributed by atoms with Crippen LogP contribution in [0.15, 0.2) is 6.33 Å². The van der Waals surface area contributed by atoms with Crippen molar-refractivity contribution in [1.82, 2.24) is 19.8 Å². The Bertz CT molecular complexity index is 548. The quantitative estimate of drug-likeness (QED) is 0.687. The SMILES string of the molecule is COC(=O)CN1CCN(C(=O)c2nc[nH]c2C(=O)O)CC1. The number of nitrogens with one attached hydrogen (secondary N) is 1. The number of hydrogen-bond donors (Lipinski definition) is 2. The van der Waals surface area contributed by atoms with Crippen molar-refractivity contribution >= 4 is 17.8 Å². The molecule has 0 aromatic carbocycles. The van der Waals surface area contributed by atoms with E-state index in [4.69, 9.17) is 5.11 Å². The number of H-pyrrole nitrogens is 1. The van der Waals surface area contributed by atoms with Gasteiger partial charge in [-0.3, -0.25) is 14.5 Å². The Morgan fingerprint density at radius 1 is 1.33 bits per heavy atom. The molecule has 1 aliphatic rings. The fourth-order valence-electron chi connectivity index (χ4n) is 2.13. The maximum Gasteiger partial charge on any atom is 0.354 e. The molecule has 2 heterocycles. The maximum atomic E-state index is 12.2. The maximum absolute atomic E-state index is 12.2. The first kappa shape index (κ1) is 15.0. The number of hydrogen-bond acceptors (Lipinski definition) is 6. The van der Waals surface area contributed by atoms with Gasteiger partial charge in [-0.05, 0) is 0 Å². The van der Waals surface area contributed by atoms with Crippen LogP contribution in [-0.4, -0.2) is 82.6 Å². The number of esters is 1. The van der Waals surface area contributed by atoms with Crippen LogP contribution < -0.4 is 0 Å². The van der Waals surface area contributed by atoms with Gasteiger partial charge in [0.2, 0.25) is 0 Å². The number of ether oxygens (including phenoxy) is 1. The second kappa shape index (κ2) is 6.35. The molecule has 0 radical (unpaired) electrons. The third-order valence-electron chi connectivity index (χ3n) is 3.30. The van der Waals surface area contributed by atoms with E-state index in [0.29, 0.717) is 26.2 Å². The Labute approximate surface area is 120 Å². The topological polar surface area (TPSA) is 116 Å². The molecule has 1 aromatic rings. The predicted octanol–water partition coefficient (Wildman–Crippen LogP) is -0.961. The van der Waals surface area contributed by atoms with E-state index < -0.39 is 11.9 Å². The number of amides is 1. The summed E-state index contributed by atoms with van der Waals surface area (Å²) in [4.78, 5) is 44.0. The zero-order valence-corrected chi connectivity index (χ0v) is 11.5. The Morgan fingerprint density at radius 3 is 2.57 bits per heavy atom. The van der Waals surface area contributed by atoms with Gasteiger partial charge < -0.3 is 19.7 Å². The minimum absolute atomic E-state index is 0.0936. The number of aromatic amines is 1. The summed E-state index contributed by atoms with van der Waals surface area (Å²) in [6, 6.07) is 0. The lowest BCUT2D eigenvalue weighted by atomic mass is 10.2.